The predicted octanol–water partition coefficient (Wildman–Crippen LogP) is 0.667. The molecule has 2 aliphatic rings. The molecule has 0 unspecified atom stereocenters. The van der Waals surface area contributed by atoms with Crippen molar-refractivity contribution in [2.45, 2.75) is 31.5 Å². The first kappa shape index (κ1) is 13.6. The number of likely N-dealkylation sites (N-methyl/N-ethyl adjacent to an activating group) is 1. The van der Waals surface area contributed by atoms with Crippen LogP contribution in [0.2, 0.25) is 0 Å². The number of hydrogen-bond acceptors (Lipinski definition) is 6. The highest BCUT2D eigenvalue weighted by atomic mass is 15.3. The molecule has 2 aromatic rings. The van der Waals surface area contributed by atoms with Gasteiger partial charge in [0.2, 0.25) is 5.95 Å². The van der Waals surface area contributed by atoms with Crippen LogP contribution >= 0.6 is 0 Å². The lowest BCUT2D eigenvalue weighted by Gasteiger charge is -2.37. The van der Waals surface area contributed by atoms with Crippen LogP contribution in [0.3, 0.4) is 0 Å². The third kappa shape index (κ3) is 2.45. The SMILES string of the molecule is CN1[C@H](Cn2cncn2)C[C@@H]2CN(c3ncccn3)CC[C@@H]21. The van der Waals surface area contributed by atoms with Crippen LogP contribution < -0.4 is 4.90 Å². The van der Waals surface area contributed by atoms with Gasteiger partial charge in [-0.25, -0.2) is 15.0 Å². The van der Waals surface area contributed by atoms with Gasteiger partial charge in [-0.1, -0.05) is 0 Å². The fourth-order valence-electron chi connectivity index (χ4n) is 3.96. The van der Waals surface area contributed by atoms with Crippen molar-refractivity contribution in [3.05, 3.63) is 31.1 Å². The second-order valence-electron chi connectivity index (χ2n) is 6.28. The molecule has 0 bridgehead atoms. The largest absolute Gasteiger partial charge is 0.340 e. The Kier molecular flexibility index (Phi) is 3.49. The van der Waals surface area contributed by atoms with E-state index in [1.54, 1.807) is 12.7 Å². The molecule has 7 nitrogen and oxygen atoms in total. The summed E-state index contributed by atoms with van der Waals surface area (Å²) in [4.78, 5) is 17.7. The minimum atomic E-state index is 0.536. The van der Waals surface area contributed by atoms with Crippen LogP contribution in [-0.4, -0.2) is 61.9 Å². The Morgan fingerprint density at radius 2 is 2.14 bits per heavy atom. The van der Waals surface area contributed by atoms with Gasteiger partial charge in [0.1, 0.15) is 12.7 Å². The molecule has 7 heteroatoms. The number of hydrogen-bond donors (Lipinski definition) is 0. The Labute approximate surface area is 130 Å². The molecule has 2 aromatic heterocycles. The van der Waals surface area contributed by atoms with Gasteiger partial charge in [0.05, 0.1) is 6.54 Å². The Hall–Kier alpha value is -2.02. The second-order valence-corrected chi connectivity index (χ2v) is 6.28. The third-order valence-electron chi connectivity index (χ3n) is 5.07. The van der Waals surface area contributed by atoms with Crippen LogP contribution in [0.15, 0.2) is 31.1 Å². The third-order valence-corrected chi connectivity index (χ3v) is 5.07. The number of fused-ring (bicyclic) bond motifs is 1. The molecule has 0 aliphatic carbocycles. The highest BCUT2D eigenvalue weighted by Gasteiger charge is 2.42. The highest BCUT2D eigenvalue weighted by Crippen LogP contribution is 2.35. The van der Waals surface area contributed by atoms with Crippen molar-refractivity contribution in [2.75, 3.05) is 25.0 Å². The number of rotatable bonds is 3. The van der Waals surface area contributed by atoms with Gasteiger partial charge in [-0.15, -0.1) is 0 Å². The Balaban J connectivity index is 1.45. The van der Waals surface area contributed by atoms with Crippen LogP contribution in [0.4, 0.5) is 5.95 Å². The van der Waals surface area contributed by atoms with E-state index in [-0.39, 0.29) is 0 Å². The van der Waals surface area contributed by atoms with E-state index >= 15 is 0 Å². The summed E-state index contributed by atoms with van der Waals surface area (Å²) >= 11 is 0. The minimum absolute atomic E-state index is 0.536. The Morgan fingerprint density at radius 3 is 2.91 bits per heavy atom. The Bertz CT molecular complexity index is 600. The molecular formula is C15H21N7. The normalized spacial score (nSPS) is 28.8. The monoisotopic (exact) mass is 299 g/mol. The van der Waals surface area contributed by atoms with Crippen LogP contribution in [0.5, 0.6) is 0 Å². The van der Waals surface area contributed by atoms with E-state index in [0.717, 1.165) is 25.6 Å². The topological polar surface area (TPSA) is 63.0 Å². The highest BCUT2D eigenvalue weighted by molar-refractivity contribution is 5.30. The van der Waals surface area contributed by atoms with Crippen molar-refractivity contribution in [3.63, 3.8) is 0 Å². The molecule has 4 heterocycles. The van der Waals surface area contributed by atoms with Gasteiger partial charge in [0.25, 0.3) is 0 Å². The van der Waals surface area contributed by atoms with Crippen molar-refractivity contribution in [1.82, 2.24) is 29.6 Å². The second kappa shape index (κ2) is 5.64. The van der Waals surface area contributed by atoms with Crippen molar-refractivity contribution < 1.29 is 0 Å². The minimum Gasteiger partial charge on any atom is -0.340 e. The van der Waals surface area contributed by atoms with Gasteiger partial charge in [-0.3, -0.25) is 9.58 Å². The van der Waals surface area contributed by atoms with Crippen molar-refractivity contribution >= 4 is 5.95 Å². The van der Waals surface area contributed by atoms with E-state index in [1.165, 1.54) is 12.8 Å². The average Bonchev–Trinajstić information content (AvgIpc) is 3.17. The van der Waals surface area contributed by atoms with Gasteiger partial charge in [-0.05, 0) is 31.9 Å². The molecule has 0 saturated carbocycles. The summed E-state index contributed by atoms with van der Waals surface area (Å²) in [6.07, 6.45) is 9.43. The zero-order valence-electron chi connectivity index (χ0n) is 12.8. The molecule has 0 amide bonds. The lowest BCUT2D eigenvalue weighted by atomic mass is 9.92. The summed E-state index contributed by atoms with van der Waals surface area (Å²) in [6.45, 7) is 3.00. The lowest BCUT2D eigenvalue weighted by Crippen LogP contribution is -2.46. The summed E-state index contributed by atoms with van der Waals surface area (Å²) < 4.78 is 1.94. The molecule has 0 spiro atoms. The van der Waals surface area contributed by atoms with E-state index in [4.69, 9.17) is 0 Å². The molecule has 2 aliphatic heterocycles. The maximum Gasteiger partial charge on any atom is 0.225 e. The zero-order chi connectivity index (χ0) is 14.9. The number of aromatic nitrogens is 5. The van der Waals surface area contributed by atoms with E-state index in [1.807, 2.05) is 23.1 Å². The van der Waals surface area contributed by atoms with E-state index < -0.39 is 0 Å². The van der Waals surface area contributed by atoms with Gasteiger partial charge in [0, 0.05) is 37.6 Å². The molecule has 2 fully saturated rings. The molecule has 4 rings (SSSR count). The van der Waals surface area contributed by atoms with Crippen LogP contribution in [-0.2, 0) is 6.54 Å². The summed E-state index contributed by atoms with van der Waals surface area (Å²) in [5, 5.41) is 4.24. The van der Waals surface area contributed by atoms with E-state index in [0.29, 0.717) is 18.0 Å². The first-order chi connectivity index (χ1) is 10.8. The van der Waals surface area contributed by atoms with Crippen molar-refractivity contribution in [1.29, 1.82) is 0 Å². The standard InChI is InChI=1S/C15H21N7/c1-20-13(9-22-11-16-10-19-22)7-12-8-21(6-3-14(12)20)15-17-4-2-5-18-15/h2,4-5,10-14H,3,6-9H2,1H3/t12-,13+,14+/m1/s1. The predicted molar refractivity (Wildman–Crippen MR) is 82.3 cm³/mol. The fraction of sp³-hybridized carbons (Fsp3) is 0.600. The summed E-state index contributed by atoms with van der Waals surface area (Å²) in [6, 6.07) is 3.06. The smallest absolute Gasteiger partial charge is 0.225 e. The molecule has 2 saturated heterocycles. The first-order valence-electron chi connectivity index (χ1n) is 7.87. The van der Waals surface area contributed by atoms with E-state index in [2.05, 4.69) is 36.9 Å². The van der Waals surface area contributed by atoms with Crippen LogP contribution in [0, 0.1) is 5.92 Å². The van der Waals surface area contributed by atoms with Gasteiger partial charge >= 0.3 is 0 Å². The molecule has 0 aromatic carbocycles. The molecule has 0 radical (unpaired) electrons. The van der Waals surface area contributed by atoms with Gasteiger partial charge in [-0.2, -0.15) is 5.10 Å². The van der Waals surface area contributed by atoms with E-state index in [9.17, 15) is 0 Å². The summed E-state index contributed by atoms with van der Waals surface area (Å²) in [5.41, 5.74) is 0. The molecule has 0 N–H and O–H groups in total. The number of nitrogens with zero attached hydrogens (tertiary/aromatic N) is 7. The summed E-state index contributed by atoms with van der Waals surface area (Å²) in [7, 11) is 2.25. The van der Waals surface area contributed by atoms with Crippen LogP contribution in [0.1, 0.15) is 12.8 Å². The van der Waals surface area contributed by atoms with Gasteiger partial charge in [0.15, 0.2) is 0 Å². The molecule has 22 heavy (non-hydrogen) atoms. The molecular weight excluding hydrogens is 278 g/mol. The first-order valence-corrected chi connectivity index (χ1v) is 7.87. The van der Waals surface area contributed by atoms with Crippen molar-refractivity contribution in [2.24, 2.45) is 5.92 Å². The maximum atomic E-state index is 4.39. The quantitative estimate of drug-likeness (QED) is 0.830. The summed E-state index contributed by atoms with van der Waals surface area (Å²) in [5.74, 6) is 1.54. The van der Waals surface area contributed by atoms with Gasteiger partial charge < -0.3 is 4.90 Å². The molecule has 116 valence electrons. The molecule has 3 atom stereocenters. The van der Waals surface area contributed by atoms with Crippen molar-refractivity contribution in [3.8, 4) is 0 Å². The Morgan fingerprint density at radius 1 is 1.27 bits per heavy atom. The number of piperidine rings is 1. The average molecular weight is 299 g/mol. The fourth-order valence-corrected chi connectivity index (χ4v) is 3.96. The lowest BCUT2D eigenvalue weighted by molar-refractivity contribution is 0.188. The number of anilines is 1. The maximum absolute atomic E-state index is 4.39. The zero-order valence-corrected chi connectivity index (χ0v) is 12.8. The number of likely N-dealkylation sites (tertiary alicyclic amines) is 1. The van der Waals surface area contributed by atoms with Crippen LogP contribution in [0.25, 0.3) is 0 Å².